The molecule has 0 aromatic heterocycles. The van der Waals surface area contributed by atoms with Crippen LogP contribution in [0, 0.1) is 5.92 Å². The maximum atomic E-state index is 5.99. The molecule has 1 heterocycles. The Bertz CT molecular complexity index is 245. The lowest BCUT2D eigenvalue weighted by Gasteiger charge is -2.44. The molecular weight excluding hydrogens is 238 g/mol. The van der Waals surface area contributed by atoms with E-state index in [2.05, 4.69) is 12.2 Å². The molecule has 1 aliphatic heterocycles. The van der Waals surface area contributed by atoms with Crippen LogP contribution in [0.1, 0.15) is 58.3 Å². The summed E-state index contributed by atoms with van der Waals surface area (Å²) >= 11 is 0. The smallest absolute Gasteiger partial charge is 0.0874 e. The molecular formula is C16H31NO2. The predicted octanol–water partition coefficient (Wildman–Crippen LogP) is 3.13. The summed E-state index contributed by atoms with van der Waals surface area (Å²) in [5.41, 5.74) is 0.00566. The Morgan fingerprint density at radius 1 is 1.21 bits per heavy atom. The minimum absolute atomic E-state index is 0.00566. The number of rotatable bonds is 6. The molecule has 0 aromatic carbocycles. The van der Waals surface area contributed by atoms with E-state index in [1.807, 2.05) is 7.11 Å². The van der Waals surface area contributed by atoms with Gasteiger partial charge < -0.3 is 14.8 Å². The lowest BCUT2D eigenvalue weighted by Crippen LogP contribution is -2.55. The number of hydrogen-bond donors (Lipinski definition) is 1. The maximum Gasteiger partial charge on any atom is 0.0874 e. The van der Waals surface area contributed by atoms with Crippen LogP contribution in [-0.2, 0) is 9.47 Å². The summed E-state index contributed by atoms with van der Waals surface area (Å²) in [4.78, 5) is 0. The molecule has 19 heavy (non-hydrogen) atoms. The van der Waals surface area contributed by atoms with Gasteiger partial charge in [0.2, 0.25) is 0 Å². The van der Waals surface area contributed by atoms with Gasteiger partial charge in [-0.25, -0.2) is 0 Å². The van der Waals surface area contributed by atoms with E-state index in [1.165, 1.54) is 38.5 Å². The summed E-state index contributed by atoms with van der Waals surface area (Å²) in [6.45, 7) is 4.93. The monoisotopic (exact) mass is 269 g/mol. The summed E-state index contributed by atoms with van der Waals surface area (Å²) in [7, 11) is 1.89. The Kier molecular flexibility index (Phi) is 6.11. The van der Waals surface area contributed by atoms with E-state index in [-0.39, 0.29) is 5.60 Å². The van der Waals surface area contributed by atoms with Gasteiger partial charge in [-0.2, -0.15) is 0 Å². The van der Waals surface area contributed by atoms with Crippen molar-refractivity contribution < 1.29 is 9.47 Å². The van der Waals surface area contributed by atoms with Gasteiger partial charge >= 0.3 is 0 Å². The largest absolute Gasteiger partial charge is 0.381 e. The van der Waals surface area contributed by atoms with Crippen LogP contribution in [0.25, 0.3) is 0 Å². The van der Waals surface area contributed by atoms with Gasteiger partial charge in [-0.15, -0.1) is 0 Å². The molecule has 1 unspecified atom stereocenters. The van der Waals surface area contributed by atoms with Crippen LogP contribution in [0.15, 0.2) is 0 Å². The van der Waals surface area contributed by atoms with Crippen molar-refractivity contribution in [3.63, 3.8) is 0 Å². The number of methoxy groups -OCH3 is 1. The van der Waals surface area contributed by atoms with Crippen molar-refractivity contribution in [1.29, 1.82) is 0 Å². The highest BCUT2D eigenvalue weighted by Crippen LogP contribution is 2.35. The standard InChI is InChI=1S/C16H31NO2/c1-3-17-15(13-14-7-5-4-6-8-14)16(18-2)9-11-19-12-10-16/h14-15,17H,3-13H2,1-2H3. The van der Waals surface area contributed by atoms with Crippen LogP contribution in [0.3, 0.4) is 0 Å². The number of ether oxygens (including phenoxy) is 2. The first-order chi connectivity index (χ1) is 9.30. The topological polar surface area (TPSA) is 30.5 Å². The van der Waals surface area contributed by atoms with Crippen molar-refractivity contribution in [2.75, 3.05) is 26.9 Å². The third kappa shape index (κ3) is 3.93. The normalized spacial score (nSPS) is 26.2. The number of nitrogens with one attached hydrogen (secondary N) is 1. The zero-order valence-electron chi connectivity index (χ0n) is 12.7. The number of hydrogen-bond acceptors (Lipinski definition) is 3. The molecule has 0 radical (unpaired) electrons. The molecule has 1 aliphatic carbocycles. The number of likely N-dealkylation sites (N-methyl/N-ethyl adjacent to an activating group) is 1. The van der Waals surface area contributed by atoms with Gasteiger partial charge in [0.25, 0.3) is 0 Å². The minimum Gasteiger partial charge on any atom is -0.381 e. The Morgan fingerprint density at radius 2 is 1.89 bits per heavy atom. The van der Waals surface area contributed by atoms with E-state index >= 15 is 0 Å². The fourth-order valence-corrected chi connectivity index (χ4v) is 3.90. The van der Waals surface area contributed by atoms with Crippen molar-refractivity contribution in [2.24, 2.45) is 5.92 Å². The van der Waals surface area contributed by atoms with Gasteiger partial charge in [0.1, 0.15) is 0 Å². The van der Waals surface area contributed by atoms with Crippen LogP contribution in [0.2, 0.25) is 0 Å². The van der Waals surface area contributed by atoms with Crippen molar-refractivity contribution in [1.82, 2.24) is 5.32 Å². The zero-order chi connectivity index (χ0) is 13.6. The average molecular weight is 269 g/mol. The zero-order valence-corrected chi connectivity index (χ0v) is 12.7. The van der Waals surface area contributed by atoms with Crippen LogP contribution in [-0.4, -0.2) is 38.5 Å². The van der Waals surface area contributed by atoms with E-state index in [0.29, 0.717) is 6.04 Å². The molecule has 0 aromatic rings. The van der Waals surface area contributed by atoms with E-state index < -0.39 is 0 Å². The van der Waals surface area contributed by atoms with Crippen LogP contribution >= 0.6 is 0 Å². The van der Waals surface area contributed by atoms with Crippen LogP contribution in [0.4, 0.5) is 0 Å². The van der Waals surface area contributed by atoms with Crippen molar-refractivity contribution in [3.05, 3.63) is 0 Å². The van der Waals surface area contributed by atoms with Gasteiger partial charge in [0.05, 0.1) is 5.60 Å². The molecule has 0 spiro atoms. The average Bonchev–Trinajstić information content (AvgIpc) is 2.48. The van der Waals surface area contributed by atoms with Gasteiger partial charge in [-0.1, -0.05) is 39.0 Å². The third-order valence-electron chi connectivity index (χ3n) is 5.13. The summed E-state index contributed by atoms with van der Waals surface area (Å²) in [6.07, 6.45) is 10.5. The Balaban J connectivity index is 1.99. The molecule has 2 fully saturated rings. The Morgan fingerprint density at radius 3 is 2.47 bits per heavy atom. The van der Waals surface area contributed by atoms with E-state index in [0.717, 1.165) is 38.5 Å². The van der Waals surface area contributed by atoms with Crippen molar-refractivity contribution in [2.45, 2.75) is 69.9 Å². The molecule has 1 N–H and O–H groups in total. The quantitative estimate of drug-likeness (QED) is 0.803. The molecule has 0 bridgehead atoms. The summed E-state index contributed by atoms with van der Waals surface area (Å²) in [6, 6.07) is 0.495. The Hall–Kier alpha value is -0.120. The third-order valence-corrected chi connectivity index (χ3v) is 5.13. The summed E-state index contributed by atoms with van der Waals surface area (Å²) in [5.74, 6) is 0.896. The molecule has 2 aliphatic rings. The van der Waals surface area contributed by atoms with Crippen molar-refractivity contribution in [3.8, 4) is 0 Å². The maximum absolute atomic E-state index is 5.99. The lowest BCUT2D eigenvalue weighted by molar-refractivity contribution is -0.114. The second-order valence-electron chi connectivity index (χ2n) is 6.23. The highest BCUT2D eigenvalue weighted by atomic mass is 16.5. The lowest BCUT2D eigenvalue weighted by atomic mass is 9.77. The van der Waals surface area contributed by atoms with Gasteiger partial charge in [0.15, 0.2) is 0 Å². The minimum atomic E-state index is 0.00566. The SMILES string of the molecule is CCNC(CC1CCCCC1)C1(OC)CCOCC1. The fraction of sp³-hybridized carbons (Fsp3) is 1.00. The molecule has 2 rings (SSSR count). The van der Waals surface area contributed by atoms with Gasteiger partial charge in [0, 0.05) is 39.2 Å². The Labute approximate surface area is 118 Å². The predicted molar refractivity (Wildman–Crippen MR) is 78.4 cm³/mol. The van der Waals surface area contributed by atoms with E-state index in [1.54, 1.807) is 0 Å². The molecule has 0 amide bonds. The first-order valence-corrected chi connectivity index (χ1v) is 8.17. The van der Waals surface area contributed by atoms with Gasteiger partial charge in [-0.05, 0) is 18.9 Å². The highest BCUT2D eigenvalue weighted by molar-refractivity contribution is 4.96. The molecule has 3 nitrogen and oxygen atoms in total. The fourth-order valence-electron chi connectivity index (χ4n) is 3.90. The van der Waals surface area contributed by atoms with E-state index in [4.69, 9.17) is 9.47 Å². The van der Waals surface area contributed by atoms with E-state index in [9.17, 15) is 0 Å². The first kappa shape index (κ1) is 15.3. The first-order valence-electron chi connectivity index (χ1n) is 8.17. The summed E-state index contributed by atoms with van der Waals surface area (Å²) < 4.78 is 11.5. The highest BCUT2D eigenvalue weighted by Gasteiger charge is 2.41. The van der Waals surface area contributed by atoms with Crippen LogP contribution < -0.4 is 5.32 Å². The van der Waals surface area contributed by atoms with Gasteiger partial charge in [-0.3, -0.25) is 0 Å². The van der Waals surface area contributed by atoms with Crippen LogP contribution in [0.5, 0.6) is 0 Å². The molecule has 1 saturated carbocycles. The molecule has 112 valence electrons. The second-order valence-corrected chi connectivity index (χ2v) is 6.23. The second kappa shape index (κ2) is 7.61. The molecule has 3 heteroatoms. The summed E-state index contributed by atoms with van der Waals surface area (Å²) in [5, 5.41) is 3.71. The van der Waals surface area contributed by atoms with Crippen molar-refractivity contribution >= 4 is 0 Å². The molecule has 1 atom stereocenters. The molecule has 1 saturated heterocycles.